The molecule has 0 atom stereocenters. The van der Waals surface area contributed by atoms with Gasteiger partial charge in [0, 0.05) is 23.6 Å². The molecule has 3 nitrogen and oxygen atoms in total. The van der Waals surface area contributed by atoms with Crippen LogP contribution in [0.4, 0.5) is 0 Å². The van der Waals surface area contributed by atoms with Gasteiger partial charge in [-0.2, -0.15) is 0 Å². The van der Waals surface area contributed by atoms with Crippen molar-refractivity contribution >= 4 is 10.9 Å². The van der Waals surface area contributed by atoms with Gasteiger partial charge in [-0.25, -0.2) is 9.97 Å². The maximum atomic E-state index is 4.53. The summed E-state index contributed by atoms with van der Waals surface area (Å²) in [6, 6.07) is 8.67. The molecule has 0 radical (unpaired) electrons. The first-order chi connectivity index (χ1) is 9.40. The van der Waals surface area contributed by atoms with Gasteiger partial charge in [0.05, 0.1) is 11.4 Å². The zero-order valence-electron chi connectivity index (χ0n) is 10.9. The highest BCUT2D eigenvalue weighted by molar-refractivity contribution is 5.92. The number of aryl methyl sites for hydroxylation is 3. The molecule has 0 saturated heterocycles. The van der Waals surface area contributed by atoms with E-state index in [1.165, 1.54) is 27.7 Å². The van der Waals surface area contributed by atoms with E-state index in [2.05, 4.69) is 45.7 Å². The van der Waals surface area contributed by atoms with Gasteiger partial charge in [0.15, 0.2) is 0 Å². The summed E-state index contributed by atoms with van der Waals surface area (Å²) in [6.45, 7) is 3.17. The van der Waals surface area contributed by atoms with E-state index in [4.69, 9.17) is 0 Å². The minimum atomic E-state index is 0.972. The zero-order chi connectivity index (χ0) is 12.8. The maximum Gasteiger partial charge on any atom is 0.116 e. The third-order valence-corrected chi connectivity index (χ3v) is 4.05. The quantitative estimate of drug-likeness (QED) is 0.663. The highest BCUT2D eigenvalue weighted by Crippen LogP contribution is 2.38. The van der Waals surface area contributed by atoms with E-state index in [0.29, 0.717) is 0 Å². The Morgan fingerprint density at radius 1 is 1.21 bits per heavy atom. The SMILES string of the molecule is CCn1c2c(c3ccccc31)CCc1cncnc1-2. The Balaban J connectivity index is 2.15. The molecule has 0 N–H and O–H groups in total. The molecule has 2 heterocycles. The molecule has 0 spiro atoms. The second-order valence-corrected chi connectivity index (χ2v) is 4.99. The van der Waals surface area contributed by atoms with Gasteiger partial charge in [-0.1, -0.05) is 18.2 Å². The van der Waals surface area contributed by atoms with E-state index >= 15 is 0 Å². The second-order valence-electron chi connectivity index (χ2n) is 4.99. The Kier molecular flexibility index (Phi) is 2.21. The fourth-order valence-electron chi connectivity index (χ4n) is 3.24. The third kappa shape index (κ3) is 1.38. The molecule has 0 unspecified atom stereocenters. The number of hydrogen-bond acceptors (Lipinski definition) is 2. The number of rotatable bonds is 1. The predicted octanol–water partition coefficient (Wildman–Crippen LogP) is 3.22. The fraction of sp³-hybridized carbons (Fsp3) is 0.250. The number of nitrogens with zero attached hydrogens (tertiary/aromatic N) is 3. The summed E-state index contributed by atoms with van der Waals surface area (Å²) in [5, 5.41) is 1.38. The normalized spacial score (nSPS) is 13.3. The van der Waals surface area contributed by atoms with Crippen LogP contribution in [0.2, 0.25) is 0 Å². The van der Waals surface area contributed by atoms with Gasteiger partial charge in [0.25, 0.3) is 0 Å². The Labute approximate surface area is 111 Å². The number of aromatic nitrogens is 3. The molecule has 1 aliphatic rings. The lowest BCUT2D eigenvalue weighted by Gasteiger charge is -2.17. The van der Waals surface area contributed by atoms with E-state index in [9.17, 15) is 0 Å². The van der Waals surface area contributed by atoms with Crippen molar-refractivity contribution in [3.05, 3.63) is 47.9 Å². The van der Waals surface area contributed by atoms with Crippen molar-refractivity contribution in [1.82, 2.24) is 14.5 Å². The van der Waals surface area contributed by atoms with Crippen LogP contribution < -0.4 is 0 Å². The minimum Gasteiger partial charge on any atom is -0.339 e. The van der Waals surface area contributed by atoms with Crippen molar-refractivity contribution in [1.29, 1.82) is 0 Å². The van der Waals surface area contributed by atoms with Crippen molar-refractivity contribution in [2.24, 2.45) is 0 Å². The summed E-state index contributed by atoms with van der Waals surface area (Å²) in [4.78, 5) is 8.69. The summed E-state index contributed by atoms with van der Waals surface area (Å²) in [7, 11) is 0. The van der Waals surface area contributed by atoms with Gasteiger partial charge >= 0.3 is 0 Å². The molecular formula is C16H15N3. The Morgan fingerprint density at radius 2 is 2.11 bits per heavy atom. The van der Waals surface area contributed by atoms with E-state index in [-0.39, 0.29) is 0 Å². The average Bonchev–Trinajstić information content (AvgIpc) is 2.81. The van der Waals surface area contributed by atoms with Crippen molar-refractivity contribution < 1.29 is 0 Å². The first kappa shape index (κ1) is 10.7. The predicted molar refractivity (Wildman–Crippen MR) is 76.0 cm³/mol. The molecule has 0 fully saturated rings. The van der Waals surface area contributed by atoms with Gasteiger partial charge in [-0.05, 0) is 37.0 Å². The molecule has 2 aromatic heterocycles. The highest BCUT2D eigenvalue weighted by atomic mass is 15.0. The highest BCUT2D eigenvalue weighted by Gasteiger charge is 2.24. The van der Waals surface area contributed by atoms with Gasteiger partial charge < -0.3 is 4.57 Å². The van der Waals surface area contributed by atoms with Crippen molar-refractivity contribution in [3.8, 4) is 11.4 Å². The van der Waals surface area contributed by atoms with E-state index in [1.54, 1.807) is 6.33 Å². The first-order valence-corrected chi connectivity index (χ1v) is 6.79. The molecule has 4 rings (SSSR count). The molecule has 3 heteroatoms. The van der Waals surface area contributed by atoms with Crippen molar-refractivity contribution in [2.45, 2.75) is 26.3 Å². The molecule has 0 amide bonds. The topological polar surface area (TPSA) is 30.7 Å². The van der Waals surface area contributed by atoms with Crippen molar-refractivity contribution in [2.75, 3.05) is 0 Å². The minimum absolute atomic E-state index is 0.972. The number of fused-ring (bicyclic) bond motifs is 5. The van der Waals surface area contributed by atoms with Gasteiger partial charge in [0.2, 0.25) is 0 Å². The molecule has 0 aliphatic heterocycles. The lowest BCUT2D eigenvalue weighted by molar-refractivity contribution is 0.783. The van der Waals surface area contributed by atoms with Crippen LogP contribution in [0.15, 0.2) is 36.8 Å². The first-order valence-electron chi connectivity index (χ1n) is 6.79. The lowest BCUT2D eigenvalue weighted by Crippen LogP contribution is -2.08. The lowest BCUT2D eigenvalue weighted by atomic mass is 9.93. The molecule has 0 bridgehead atoms. The Hall–Kier alpha value is -2.16. The van der Waals surface area contributed by atoms with Gasteiger partial charge in [-0.3, -0.25) is 0 Å². The summed E-state index contributed by atoms with van der Waals surface area (Å²) < 4.78 is 2.38. The standard InChI is InChI=1S/C16H15N3/c1-2-19-14-6-4-3-5-12(14)13-8-7-11-9-17-10-18-15(11)16(13)19/h3-6,9-10H,2,7-8H2,1H3. The molecule has 0 saturated carbocycles. The van der Waals surface area contributed by atoms with Crippen LogP contribution in [0.5, 0.6) is 0 Å². The van der Waals surface area contributed by atoms with Crippen LogP contribution in [-0.2, 0) is 19.4 Å². The van der Waals surface area contributed by atoms with Crippen molar-refractivity contribution in [3.63, 3.8) is 0 Å². The van der Waals surface area contributed by atoms with E-state index < -0.39 is 0 Å². The van der Waals surface area contributed by atoms with Gasteiger partial charge in [-0.15, -0.1) is 0 Å². The van der Waals surface area contributed by atoms with Crippen LogP contribution in [0, 0.1) is 0 Å². The molecule has 19 heavy (non-hydrogen) atoms. The molecule has 3 aromatic rings. The third-order valence-electron chi connectivity index (χ3n) is 4.05. The molecular weight excluding hydrogens is 234 g/mol. The van der Waals surface area contributed by atoms with E-state index in [0.717, 1.165) is 25.1 Å². The molecule has 1 aromatic carbocycles. The summed E-state index contributed by atoms with van der Waals surface area (Å²) in [6.07, 6.45) is 5.75. The molecule has 1 aliphatic carbocycles. The van der Waals surface area contributed by atoms with E-state index in [1.807, 2.05) is 6.20 Å². The summed E-state index contributed by atoms with van der Waals surface area (Å²) in [5.74, 6) is 0. The zero-order valence-corrected chi connectivity index (χ0v) is 10.9. The van der Waals surface area contributed by atoms with Crippen LogP contribution in [0.1, 0.15) is 18.1 Å². The average molecular weight is 249 g/mol. The Morgan fingerprint density at radius 3 is 3.00 bits per heavy atom. The summed E-state index contributed by atoms with van der Waals surface area (Å²) >= 11 is 0. The molecule has 94 valence electrons. The summed E-state index contributed by atoms with van der Waals surface area (Å²) in [5.41, 5.74) is 6.46. The largest absolute Gasteiger partial charge is 0.339 e. The van der Waals surface area contributed by atoms with Crippen LogP contribution >= 0.6 is 0 Å². The smallest absolute Gasteiger partial charge is 0.116 e. The monoisotopic (exact) mass is 249 g/mol. The number of hydrogen-bond donors (Lipinski definition) is 0. The number of benzene rings is 1. The van der Waals surface area contributed by atoms with Crippen LogP contribution in [0.3, 0.4) is 0 Å². The van der Waals surface area contributed by atoms with Crippen LogP contribution in [-0.4, -0.2) is 14.5 Å². The van der Waals surface area contributed by atoms with Gasteiger partial charge in [0.1, 0.15) is 6.33 Å². The van der Waals surface area contributed by atoms with Crippen LogP contribution in [0.25, 0.3) is 22.3 Å². The number of para-hydroxylation sites is 1. The second kappa shape index (κ2) is 3.92. The fourth-order valence-corrected chi connectivity index (χ4v) is 3.24. The Bertz CT molecular complexity index is 738. The maximum absolute atomic E-state index is 4.53.